The first kappa shape index (κ1) is 57.3. The smallest absolute Gasteiger partial charge is 0.462 e. The first-order valence-electron chi connectivity index (χ1n) is 24.1. The van der Waals surface area contributed by atoms with Gasteiger partial charge in [0.05, 0.1) is 6.61 Å². The van der Waals surface area contributed by atoms with Gasteiger partial charge in [0.1, 0.15) is 43.2 Å². The van der Waals surface area contributed by atoms with E-state index in [0.717, 1.165) is 70.6 Å². The fraction of sp³-hybridized carbons (Fsp3) is 0.872. The summed E-state index contributed by atoms with van der Waals surface area (Å²) in [6, 6.07) is 0. The maximum Gasteiger partial charge on any atom is 0.472 e. The average Bonchev–Trinajstić information content (AvgIpc) is 3.24. The van der Waals surface area contributed by atoms with Crippen molar-refractivity contribution in [2.45, 2.75) is 249 Å². The van der Waals surface area contributed by atoms with E-state index in [2.05, 4.69) is 38.2 Å². The highest BCUT2D eigenvalue weighted by atomic mass is 31.2. The van der Waals surface area contributed by atoms with Gasteiger partial charge in [-0.25, -0.2) is 4.57 Å². The van der Waals surface area contributed by atoms with E-state index in [1.54, 1.807) is 0 Å². The number of aliphatic hydroxyl groups excluding tert-OH is 5. The molecule has 0 aromatic heterocycles. The molecule has 8 atom stereocenters. The van der Waals surface area contributed by atoms with Gasteiger partial charge in [0.2, 0.25) is 0 Å². The molecule has 0 aromatic carbocycles. The van der Waals surface area contributed by atoms with Crippen LogP contribution in [0, 0.1) is 0 Å². The summed E-state index contributed by atoms with van der Waals surface area (Å²) in [5.74, 6) is -1.11. The van der Waals surface area contributed by atoms with Gasteiger partial charge in [-0.2, -0.15) is 0 Å². The van der Waals surface area contributed by atoms with Gasteiger partial charge in [-0.15, -0.1) is 0 Å². The van der Waals surface area contributed by atoms with Crippen molar-refractivity contribution in [3.05, 3.63) is 24.3 Å². The average molecular weight is 891 g/mol. The Balaban J connectivity index is 2.44. The summed E-state index contributed by atoms with van der Waals surface area (Å²) in [6.07, 6.45) is 28.0. The van der Waals surface area contributed by atoms with Crippen molar-refractivity contribution < 1.29 is 63.1 Å². The number of phosphoric acid groups is 1. The highest BCUT2D eigenvalue weighted by Crippen LogP contribution is 2.47. The number of carbonyl (C=O) groups excluding carboxylic acids is 2. The van der Waals surface area contributed by atoms with Crippen LogP contribution in [0.5, 0.6) is 0 Å². The Bertz CT molecular complexity index is 1170. The van der Waals surface area contributed by atoms with Crippen molar-refractivity contribution in [1.29, 1.82) is 0 Å². The molecule has 1 fully saturated rings. The summed E-state index contributed by atoms with van der Waals surface area (Å²) in [6.45, 7) is 3.29. The van der Waals surface area contributed by atoms with Gasteiger partial charge in [-0.3, -0.25) is 18.6 Å². The van der Waals surface area contributed by atoms with Gasteiger partial charge in [0, 0.05) is 12.8 Å². The highest BCUT2D eigenvalue weighted by molar-refractivity contribution is 7.47. The number of carbonyl (C=O) groups is 2. The second-order valence-corrected chi connectivity index (χ2v) is 18.4. The molecule has 1 rings (SSSR count). The van der Waals surface area contributed by atoms with E-state index in [9.17, 15) is 44.6 Å². The molecule has 0 aromatic rings. The van der Waals surface area contributed by atoms with Crippen LogP contribution < -0.4 is 0 Å². The summed E-state index contributed by atoms with van der Waals surface area (Å²) in [5, 5.41) is 50.2. The third kappa shape index (κ3) is 30.2. The van der Waals surface area contributed by atoms with Gasteiger partial charge in [0.15, 0.2) is 6.10 Å². The predicted molar refractivity (Wildman–Crippen MR) is 240 cm³/mol. The van der Waals surface area contributed by atoms with Crippen LogP contribution in [0.2, 0.25) is 0 Å². The zero-order valence-corrected chi connectivity index (χ0v) is 38.9. The number of ether oxygens (including phenoxy) is 2. The lowest BCUT2D eigenvalue weighted by atomic mass is 9.85. The normalized spacial score (nSPS) is 22.2. The number of rotatable bonds is 40. The van der Waals surface area contributed by atoms with Crippen LogP contribution in [0.3, 0.4) is 0 Å². The van der Waals surface area contributed by atoms with E-state index in [1.807, 2.05) is 0 Å². The number of hydrogen-bond acceptors (Lipinski definition) is 12. The molecule has 0 heterocycles. The summed E-state index contributed by atoms with van der Waals surface area (Å²) in [5.41, 5.74) is 0. The minimum atomic E-state index is -5.12. The van der Waals surface area contributed by atoms with Crippen LogP contribution in [0.4, 0.5) is 0 Å². The Labute approximate surface area is 368 Å². The Morgan fingerprint density at radius 2 is 0.836 bits per heavy atom. The second-order valence-electron chi connectivity index (χ2n) is 17.0. The fourth-order valence-electron chi connectivity index (χ4n) is 7.34. The van der Waals surface area contributed by atoms with E-state index < -0.39 is 75.7 Å². The Kier molecular flexibility index (Phi) is 35.4. The minimum Gasteiger partial charge on any atom is -0.462 e. The van der Waals surface area contributed by atoms with Gasteiger partial charge < -0.3 is 39.9 Å². The SMILES string of the molecule is CCCCCCCCC=CCCCCCCCCCC(=O)O[C@H](COC(=O)CCCCCCCC=CCCCCCCCC)COP(=O)(O)OC1C(O)C(O)C(O)[C@@H](O)C1O. The van der Waals surface area contributed by atoms with Crippen molar-refractivity contribution in [1.82, 2.24) is 0 Å². The van der Waals surface area contributed by atoms with E-state index in [-0.39, 0.29) is 12.8 Å². The first-order valence-corrected chi connectivity index (χ1v) is 25.6. The summed E-state index contributed by atoms with van der Waals surface area (Å²) >= 11 is 0. The second kappa shape index (κ2) is 37.7. The zero-order valence-electron chi connectivity index (χ0n) is 38.0. The molecule has 14 heteroatoms. The summed E-state index contributed by atoms with van der Waals surface area (Å²) < 4.78 is 33.6. The fourth-order valence-corrected chi connectivity index (χ4v) is 8.31. The van der Waals surface area contributed by atoms with E-state index in [1.165, 1.54) is 96.3 Å². The van der Waals surface area contributed by atoms with Gasteiger partial charge in [-0.05, 0) is 64.2 Å². The molecule has 0 saturated heterocycles. The first-order chi connectivity index (χ1) is 29.4. The van der Waals surface area contributed by atoms with Crippen molar-refractivity contribution in [3.8, 4) is 0 Å². The zero-order chi connectivity index (χ0) is 45.0. The van der Waals surface area contributed by atoms with Crippen molar-refractivity contribution in [2.24, 2.45) is 0 Å². The van der Waals surface area contributed by atoms with Crippen molar-refractivity contribution in [3.63, 3.8) is 0 Å². The molecular weight excluding hydrogens is 803 g/mol. The molecule has 0 spiro atoms. The molecule has 0 aliphatic heterocycles. The van der Waals surface area contributed by atoms with Crippen LogP contribution in [0.1, 0.15) is 206 Å². The van der Waals surface area contributed by atoms with Gasteiger partial charge in [0.25, 0.3) is 0 Å². The topological polar surface area (TPSA) is 210 Å². The lowest BCUT2D eigenvalue weighted by Gasteiger charge is -2.41. The van der Waals surface area contributed by atoms with Crippen LogP contribution in [-0.2, 0) is 32.7 Å². The highest BCUT2D eigenvalue weighted by Gasteiger charge is 2.51. The molecule has 0 bridgehead atoms. The van der Waals surface area contributed by atoms with Crippen molar-refractivity contribution >= 4 is 19.8 Å². The van der Waals surface area contributed by atoms with Crippen LogP contribution in [0.25, 0.3) is 0 Å². The molecule has 358 valence electrons. The maximum absolute atomic E-state index is 12.8. The molecule has 61 heavy (non-hydrogen) atoms. The molecule has 0 amide bonds. The number of phosphoric ester groups is 1. The predicted octanol–water partition coefficient (Wildman–Crippen LogP) is 9.62. The third-order valence-electron chi connectivity index (χ3n) is 11.3. The van der Waals surface area contributed by atoms with Crippen molar-refractivity contribution in [2.75, 3.05) is 13.2 Å². The van der Waals surface area contributed by atoms with E-state index in [0.29, 0.717) is 12.8 Å². The monoisotopic (exact) mass is 891 g/mol. The molecule has 6 N–H and O–H groups in total. The number of unbranched alkanes of at least 4 members (excludes halogenated alkanes) is 24. The Morgan fingerprint density at radius 3 is 1.25 bits per heavy atom. The lowest BCUT2D eigenvalue weighted by molar-refractivity contribution is -0.220. The summed E-state index contributed by atoms with van der Waals surface area (Å²) in [7, 11) is -5.12. The van der Waals surface area contributed by atoms with E-state index in [4.69, 9.17) is 18.5 Å². The lowest BCUT2D eigenvalue weighted by Crippen LogP contribution is -2.64. The Morgan fingerprint density at radius 1 is 0.492 bits per heavy atom. The van der Waals surface area contributed by atoms with Crippen LogP contribution >= 0.6 is 7.82 Å². The molecule has 13 nitrogen and oxygen atoms in total. The standard InChI is InChI=1S/C47H87O13P/c1-3-5-7-9-11-13-15-17-19-20-22-24-26-28-30-32-34-36-41(49)59-39(38-58-61(55,56)60-47-45(53)43(51)42(50)44(52)46(47)54)37-57-40(48)35-33-31-29-27-25-23-21-18-16-14-12-10-8-6-4-2/h17-19,21,39,42-47,50-54H,3-16,20,22-38H2,1-2H3,(H,55,56)/t39-,42?,43-,44?,45?,46?,47?/m1/s1. The van der Waals surface area contributed by atoms with Gasteiger partial charge >= 0.3 is 19.8 Å². The molecule has 1 aliphatic rings. The number of allylic oxidation sites excluding steroid dienone is 4. The maximum atomic E-state index is 12.8. The quantitative estimate of drug-likeness (QED) is 0.0147. The van der Waals surface area contributed by atoms with Crippen LogP contribution in [-0.4, -0.2) is 98.3 Å². The number of esters is 2. The number of hydrogen-bond donors (Lipinski definition) is 6. The Hall–Kier alpha value is -1.67. The van der Waals surface area contributed by atoms with Crippen LogP contribution in [0.15, 0.2) is 24.3 Å². The third-order valence-corrected chi connectivity index (χ3v) is 12.3. The molecule has 0 radical (unpaired) electrons. The van der Waals surface area contributed by atoms with Gasteiger partial charge in [-0.1, -0.05) is 154 Å². The minimum absolute atomic E-state index is 0.0919. The molecule has 1 aliphatic carbocycles. The largest absolute Gasteiger partial charge is 0.472 e. The number of aliphatic hydroxyl groups is 5. The molecule has 1 saturated carbocycles. The molecular formula is C47H87O13P. The summed E-state index contributed by atoms with van der Waals surface area (Å²) in [4.78, 5) is 35.7. The van der Waals surface area contributed by atoms with E-state index >= 15 is 0 Å². The molecule has 6 unspecified atom stereocenters.